The van der Waals surface area contributed by atoms with E-state index < -0.39 is 6.67 Å². The fourth-order valence-corrected chi connectivity index (χ4v) is 1.62. The van der Waals surface area contributed by atoms with Crippen LogP contribution in [-0.4, -0.2) is 16.2 Å². The molecule has 0 aliphatic rings. The molecule has 2 rings (SSSR count). The summed E-state index contributed by atoms with van der Waals surface area (Å²) in [6.45, 7) is 1.36. The van der Waals surface area contributed by atoms with Crippen LogP contribution in [0.5, 0.6) is 0 Å². The molecule has 0 radical (unpaired) electrons. The van der Waals surface area contributed by atoms with Crippen LogP contribution in [0, 0.1) is 6.92 Å². The second-order valence-corrected chi connectivity index (χ2v) is 3.40. The monoisotopic (exact) mass is 206 g/mol. The molecule has 0 fully saturated rings. The summed E-state index contributed by atoms with van der Waals surface area (Å²) in [5, 5.41) is 0.577. The maximum atomic E-state index is 12.2. The normalized spacial score (nSPS) is 10.8. The molecular formula is C11H11FN2O. The number of benzene rings is 1. The van der Waals surface area contributed by atoms with Crippen molar-refractivity contribution in [3.63, 3.8) is 0 Å². The molecule has 1 aromatic carbocycles. The van der Waals surface area contributed by atoms with Gasteiger partial charge in [0.25, 0.3) is 5.56 Å². The van der Waals surface area contributed by atoms with Gasteiger partial charge in [-0.2, -0.15) is 0 Å². The quantitative estimate of drug-likeness (QED) is 0.749. The van der Waals surface area contributed by atoms with Crippen molar-refractivity contribution in [2.45, 2.75) is 13.5 Å². The van der Waals surface area contributed by atoms with E-state index in [2.05, 4.69) is 4.98 Å². The van der Waals surface area contributed by atoms with Crippen molar-refractivity contribution in [2.24, 2.45) is 0 Å². The molecule has 0 amide bonds. The Morgan fingerprint density at radius 3 is 3.00 bits per heavy atom. The second-order valence-electron chi connectivity index (χ2n) is 3.40. The smallest absolute Gasteiger partial charge is 0.261 e. The van der Waals surface area contributed by atoms with Gasteiger partial charge in [0.1, 0.15) is 6.67 Å². The first-order valence-electron chi connectivity index (χ1n) is 4.75. The highest BCUT2D eigenvalue weighted by Gasteiger charge is 2.05. The Balaban J connectivity index is 2.77. The van der Waals surface area contributed by atoms with Crippen LogP contribution < -0.4 is 5.56 Å². The van der Waals surface area contributed by atoms with Gasteiger partial charge in [0, 0.05) is 0 Å². The summed E-state index contributed by atoms with van der Waals surface area (Å²) in [4.78, 5) is 16.0. The van der Waals surface area contributed by atoms with E-state index in [1.54, 1.807) is 6.07 Å². The Labute approximate surface area is 86.2 Å². The third-order valence-corrected chi connectivity index (χ3v) is 2.39. The van der Waals surface area contributed by atoms with Crippen LogP contribution in [0.3, 0.4) is 0 Å². The molecule has 3 nitrogen and oxygen atoms in total. The Kier molecular flexibility index (Phi) is 2.49. The Morgan fingerprint density at radius 2 is 2.27 bits per heavy atom. The molecule has 0 atom stereocenters. The highest BCUT2D eigenvalue weighted by atomic mass is 19.1. The van der Waals surface area contributed by atoms with Crippen LogP contribution in [0.25, 0.3) is 10.9 Å². The summed E-state index contributed by atoms with van der Waals surface area (Å²) >= 11 is 0. The molecule has 4 heteroatoms. The fraction of sp³-hybridized carbons (Fsp3) is 0.273. The van der Waals surface area contributed by atoms with Gasteiger partial charge >= 0.3 is 0 Å². The molecular weight excluding hydrogens is 195 g/mol. The van der Waals surface area contributed by atoms with Gasteiger partial charge in [-0.15, -0.1) is 0 Å². The zero-order valence-corrected chi connectivity index (χ0v) is 8.40. The lowest BCUT2D eigenvalue weighted by Crippen LogP contribution is -2.22. The summed E-state index contributed by atoms with van der Waals surface area (Å²) in [7, 11) is 0. The third kappa shape index (κ3) is 1.63. The zero-order valence-electron chi connectivity index (χ0n) is 8.40. The van der Waals surface area contributed by atoms with Crippen LogP contribution in [0.15, 0.2) is 29.3 Å². The summed E-state index contributed by atoms with van der Waals surface area (Å²) in [5.74, 6) is 0. The predicted molar refractivity (Wildman–Crippen MR) is 56.7 cm³/mol. The molecule has 1 heterocycles. The van der Waals surface area contributed by atoms with E-state index in [9.17, 15) is 9.18 Å². The molecule has 0 unspecified atom stereocenters. The van der Waals surface area contributed by atoms with E-state index in [1.165, 1.54) is 10.9 Å². The van der Waals surface area contributed by atoms with Crippen LogP contribution in [-0.2, 0) is 6.54 Å². The predicted octanol–water partition coefficient (Wildman–Crippen LogP) is 1.67. The minimum Gasteiger partial charge on any atom is -0.296 e. The number of halogens is 1. The molecule has 15 heavy (non-hydrogen) atoms. The average Bonchev–Trinajstić information content (AvgIpc) is 2.22. The van der Waals surface area contributed by atoms with Crippen LogP contribution in [0.1, 0.15) is 5.56 Å². The van der Waals surface area contributed by atoms with Gasteiger partial charge in [-0.05, 0) is 18.6 Å². The van der Waals surface area contributed by atoms with E-state index >= 15 is 0 Å². The maximum Gasteiger partial charge on any atom is 0.261 e. The summed E-state index contributed by atoms with van der Waals surface area (Å²) < 4.78 is 13.5. The summed E-state index contributed by atoms with van der Waals surface area (Å²) in [5.41, 5.74) is 1.36. The largest absolute Gasteiger partial charge is 0.296 e. The molecule has 78 valence electrons. The van der Waals surface area contributed by atoms with E-state index in [0.717, 1.165) is 5.56 Å². The Bertz CT molecular complexity index is 548. The van der Waals surface area contributed by atoms with Gasteiger partial charge in [-0.1, -0.05) is 12.1 Å². The first-order valence-corrected chi connectivity index (χ1v) is 4.75. The number of aromatic nitrogens is 2. The van der Waals surface area contributed by atoms with Crippen LogP contribution >= 0.6 is 0 Å². The topological polar surface area (TPSA) is 34.9 Å². The molecule has 0 aliphatic heterocycles. The van der Waals surface area contributed by atoms with Gasteiger partial charge in [0.2, 0.25) is 0 Å². The molecule has 1 aromatic heterocycles. The van der Waals surface area contributed by atoms with Gasteiger partial charge in [-0.3, -0.25) is 9.36 Å². The lowest BCUT2D eigenvalue weighted by atomic mass is 10.1. The molecule has 2 aromatic rings. The number of aryl methyl sites for hydroxylation is 2. The Morgan fingerprint density at radius 1 is 1.47 bits per heavy atom. The number of hydrogen-bond acceptors (Lipinski definition) is 2. The molecule has 0 aliphatic carbocycles. The highest BCUT2D eigenvalue weighted by Crippen LogP contribution is 2.10. The van der Waals surface area contributed by atoms with E-state index in [0.29, 0.717) is 10.9 Å². The molecule has 0 saturated carbocycles. The highest BCUT2D eigenvalue weighted by molar-refractivity contribution is 5.80. The molecule has 0 N–H and O–H groups in total. The number of alkyl halides is 1. The Hall–Kier alpha value is -1.71. The van der Waals surface area contributed by atoms with Crippen molar-refractivity contribution < 1.29 is 4.39 Å². The van der Waals surface area contributed by atoms with Crippen LogP contribution in [0.2, 0.25) is 0 Å². The molecule has 0 bridgehead atoms. The summed E-state index contributed by atoms with van der Waals surface area (Å²) in [6, 6.07) is 5.48. The fourth-order valence-electron chi connectivity index (χ4n) is 1.62. The second kappa shape index (κ2) is 3.81. The van der Waals surface area contributed by atoms with E-state index in [1.807, 2.05) is 19.1 Å². The number of rotatable bonds is 2. The van der Waals surface area contributed by atoms with Crippen molar-refractivity contribution in [1.82, 2.24) is 9.55 Å². The van der Waals surface area contributed by atoms with E-state index in [4.69, 9.17) is 0 Å². The van der Waals surface area contributed by atoms with Crippen molar-refractivity contribution in [1.29, 1.82) is 0 Å². The third-order valence-electron chi connectivity index (χ3n) is 2.39. The summed E-state index contributed by atoms with van der Waals surface area (Å²) in [6.07, 6.45) is 1.39. The SMILES string of the molecule is Cc1cccc2ncn(CCF)c(=O)c12. The van der Waals surface area contributed by atoms with E-state index in [-0.39, 0.29) is 12.1 Å². The molecule has 0 saturated heterocycles. The van der Waals surface area contributed by atoms with Gasteiger partial charge in [0.05, 0.1) is 23.8 Å². The lowest BCUT2D eigenvalue weighted by Gasteiger charge is -2.05. The van der Waals surface area contributed by atoms with Crippen molar-refractivity contribution in [2.75, 3.05) is 6.67 Å². The lowest BCUT2D eigenvalue weighted by molar-refractivity contribution is 0.439. The zero-order chi connectivity index (χ0) is 10.8. The number of nitrogens with zero attached hydrogens (tertiary/aromatic N) is 2. The minimum absolute atomic E-state index is 0.0656. The van der Waals surface area contributed by atoms with Gasteiger partial charge < -0.3 is 0 Å². The van der Waals surface area contributed by atoms with Crippen molar-refractivity contribution >= 4 is 10.9 Å². The van der Waals surface area contributed by atoms with Crippen LogP contribution in [0.4, 0.5) is 4.39 Å². The first-order chi connectivity index (χ1) is 7.24. The van der Waals surface area contributed by atoms with Gasteiger partial charge in [-0.25, -0.2) is 9.37 Å². The first kappa shape index (κ1) is 9.83. The number of hydrogen-bond donors (Lipinski definition) is 0. The van der Waals surface area contributed by atoms with Crippen molar-refractivity contribution in [3.8, 4) is 0 Å². The van der Waals surface area contributed by atoms with Gasteiger partial charge in [0.15, 0.2) is 0 Å². The minimum atomic E-state index is -0.557. The maximum absolute atomic E-state index is 12.2. The van der Waals surface area contributed by atoms with Crippen molar-refractivity contribution in [3.05, 3.63) is 40.4 Å². The molecule has 0 spiro atoms. The number of fused-ring (bicyclic) bond motifs is 1. The average molecular weight is 206 g/mol. The standard InChI is InChI=1S/C11H11FN2O/c1-8-3-2-4-9-10(8)11(15)14(6-5-12)7-13-9/h2-4,7H,5-6H2,1H3.